The molecule has 70 valence electrons. The third-order valence-electron chi connectivity index (χ3n) is 2.60. The quantitative estimate of drug-likeness (QED) is 0.628. The highest BCUT2D eigenvalue weighted by atomic mass is 16.1. The molecule has 1 saturated heterocycles. The van der Waals surface area contributed by atoms with E-state index in [4.69, 9.17) is 0 Å². The maximum absolute atomic E-state index is 10.7. The highest BCUT2D eigenvalue weighted by Gasteiger charge is 2.20. The van der Waals surface area contributed by atoms with Crippen molar-refractivity contribution in [3.63, 3.8) is 0 Å². The predicted molar refractivity (Wildman–Crippen MR) is 48.8 cm³/mol. The van der Waals surface area contributed by atoms with Crippen molar-refractivity contribution in [1.82, 2.24) is 10.6 Å². The van der Waals surface area contributed by atoms with E-state index in [2.05, 4.69) is 17.6 Å². The Bertz CT molecular complexity index is 159. The minimum atomic E-state index is 0.0766. The van der Waals surface area contributed by atoms with Crippen LogP contribution in [0.15, 0.2) is 0 Å². The average molecular weight is 170 g/mol. The van der Waals surface area contributed by atoms with Crippen LogP contribution in [0, 0.1) is 11.8 Å². The van der Waals surface area contributed by atoms with Crippen molar-refractivity contribution in [3.05, 3.63) is 0 Å². The van der Waals surface area contributed by atoms with Gasteiger partial charge in [0.15, 0.2) is 0 Å². The Morgan fingerprint density at radius 3 is 3.00 bits per heavy atom. The maximum Gasteiger partial charge on any atom is 0.216 e. The van der Waals surface area contributed by atoms with Gasteiger partial charge in [-0.3, -0.25) is 4.79 Å². The lowest BCUT2D eigenvalue weighted by molar-refractivity contribution is -0.119. The van der Waals surface area contributed by atoms with Crippen LogP contribution in [-0.2, 0) is 4.79 Å². The second-order valence-electron chi connectivity index (χ2n) is 3.67. The van der Waals surface area contributed by atoms with Gasteiger partial charge in [-0.05, 0) is 31.3 Å². The molecule has 3 heteroatoms. The van der Waals surface area contributed by atoms with E-state index in [1.807, 2.05) is 0 Å². The first-order chi connectivity index (χ1) is 5.70. The fourth-order valence-corrected chi connectivity index (χ4v) is 1.60. The van der Waals surface area contributed by atoms with Crippen LogP contribution in [0.2, 0.25) is 0 Å². The monoisotopic (exact) mass is 170 g/mol. The van der Waals surface area contributed by atoms with Gasteiger partial charge in [-0.1, -0.05) is 6.92 Å². The number of carbonyl (C=O) groups is 1. The smallest absolute Gasteiger partial charge is 0.216 e. The first-order valence-corrected chi connectivity index (χ1v) is 4.65. The van der Waals surface area contributed by atoms with Crippen molar-refractivity contribution in [1.29, 1.82) is 0 Å². The van der Waals surface area contributed by atoms with Crippen LogP contribution in [0.25, 0.3) is 0 Å². The number of nitrogens with one attached hydrogen (secondary N) is 2. The molecule has 0 saturated carbocycles. The minimum absolute atomic E-state index is 0.0766. The molecular formula is C9H18N2O. The maximum atomic E-state index is 10.7. The third-order valence-corrected chi connectivity index (χ3v) is 2.60. The van der Waals surface area contributed by atoms with Crippen LogP contribution in [0.3, 0.4) is 0 Å². The number of carbonyl (C=O) groups excluding carboxylic acids is 1. The Morgan fingerprint density at radius 1 is 1.67 bits per heavy atom. The molecule has 0 aromatic heterocycles. The average Bonchev–Trinajstić information content (AvgIpc) is 2.03. The van der Waals surface area contributed by atoms with E-state index in [9.17, 15) is 4.79 Å². The van der Waals surface area contributed by atoms with E-state index < -0.39 is 0 Å². The first kappa shape index (κ1) is 9.52. The molecule has 2 N–H and O–H groups in total. The van der Waals surface area contributed by atoms with E-state index in [-0.39, 0.29) is 5.91 Å². The van der Waals surface area contributed by atoms with Gasteiger partial charge >= 0.3 is 0 Å². The van der Waals surface area contributed by atoms with Crippen molar-refractivity contribution < 1.29 is 4.79 Å². The fraction of sp³-hybridized carbons (Fsp3) is 0.889. The first-order valence-electron chi connectivity index (χ1n) is 4.65. The van der Waals surface area contributed by atoms with E-state index in [0.717, 1.165) is 25.6 Å². The Labute approximate surface area is 73.9 Å². The number of piperidine rings is 1. The number of hydrogen-bond donors (Lipinski definition) is 2. The summed E-state index contributed by atoms with van der Waals surface area (Å²) in [6.07, 6.45) is 1.23. The van der Waals surface area contributed by atoms with E-state index in [0.29, 0.717) is 5.92 Å². The van der Waals surface area contributed by atoms with Gasteiger partial charge in [0.05, 0.1) is 0 Å². The van der Waals surface area contributed by atoms with Crippen molar-refractivity contribution >= 4 is 5.91 Å². The predicted octanol–water partition coefficient (Wildman–Crippen LogP) is 0.368. The number of rotatable bonds is 2. The Balaban J connectivity index is 2.24. The summed E-state index contributed by atoms with van der Waals surface area (Å²) < 4.78 is 0. The molecule has 1 amide bonds. The van der Waals surface area contributed by atoms with Crippen molar-refractivity contribution in [2.24, 2.45) is 11.8 Å². The zero-order valence-corrected chi connectivity index (χ0v) is 7.89. The largest absolute Gasteiger partial charge is 0.356 e. The molecule has 0 spiro atoms. The molecular weight excluding hydrogens is 152 g/mol. The third kappa shape index (κ3) is 2.81. The van der Waals surface area contributed by atoms with Crippen LogP contribution >= 0.6 is 0 Å². The SMILES string of the molecule is CC(=O)NCC1CNCCC1C. The molecule has 2 atom stereocenters. The van der Waals surface area contributed by atoms with Crippen LogP contribution in [0.1, 0.15) is 20.3 Å². The minimum Gasteiger partial charge on any atom is -0.356 e. The van der Waals surface area contributed by atoms with Gasteiger partial charge in [0.1, 0.15) is 0 Å². The summed E-state index contributed by atoms with van der Waals surface area (Å²) in [5.41, 5.74) is 0. The summed E-state index contributed by atoms with van der Waals surface area (Å²) in [5.74, 6) is 1.42. The fourth-order valence-electron chi connectivity index (χ4n) is 1.60. The Morgan fingerprint density at radius 2 is 2.42 bits per heavy atom. The summed E-state index contributed by atoms with van der Waals surface area (Å²) in [7, 11) is 0. The molecule has 1 aliphatic heterocycles. The molecule has 1 rings (SSSR count). The molecule has 0 bridgehead atoms. The van der Waals surface area contributed by atoms with Gasteiger partial charge in [-0.2, -0.15) is 0 Å². The van der Waals surface area contributed by atoms with Crippen molar-refractivity contribution in [2.75, 3.05) is 19.6 Å². The van der Waals surface area contributed by atoms with Gasteiger partial charge in [0.25, 0.3) is 0 Å². The van der Waals surface area contributed by atoms with Crippen LogP contribution < -0.4 is 10.6 Å². The molecule has 1 aliphatic rings. The topological polar surface area (TPSA) is 41.1 Å². The second kappa shape index (κ2) is 4.45. The molecule has 3 nitrogen and oxygen atoms in total. The standard InChI is InChI=1S/C9H18N2O/c1-7-3-4-10-5-9(7)6-11-8(2)12/h7,9-10H,3-6H2,1-2H3,(H,11,12). The zero-order valence-electron chi connectivity index (χ0n) is 7.89. The van der Waals surface area contributed by atoms with Crippen LogP contribution in [0.4, 0.5) is 0 Å². The van der Waals surface area contributed by atoms with E-state index in [1.165, 1.54) is 6.42 Å². The molecule has 1 fully saturated rings. The second-order valence-corrected chi connectivity index (χ2v) is 3.67. The number of amides is 1. The highest BCUT2D eigenvalue weighted by molar-refractivity contribution is 5.72. The molecule has 0 radical (unpaired) electrons. The molecule has 0 aromatic rings. The lowest BCUT2D eigenvalue weighted by Gasteiger charge is -2.29. The van der Waals surface area contributed by atoms with Gasteiger partial charge < -0.3 is 10.6 Å². The van der Waals surface area contributed by atoms with Gasteiger partial charge in [0.2, 0.25) is 5.91 Å². The van der Waals surface area contributed by atoms with E-state index >= 15 is 0 Å². The summed E-state index contributed by atoms with van der Waals surface area (Å²) in [5, 5.41) is 6.20. The lowest BCUT2D eigenvalue weighted by atomic mass is 9.88. The lowest BCUT2D eigenvalue weighted by Crippen LogP contribution is -2.41. The van der Waals surface area contributed by atoms with Crippen molar-refractivity contribution in [3.8, 4) is 0 Å². The summed E-state index contributed by atoms with van der Waals surface area (Å²) in [6.45, 7) is 6.82. The van der Waals surface area contributed by atoms with E-state index in [1.54, 1.807) is 6.92 Å². The van der Waals surface area contributed by atoms with Crippen LogP contribution in [0.5, 0.6) is 0 Å². The Hall–Kier alpha value is -0.570. The van der Waals surface area contributed by atoms with Crippen LogP contribution in [-0.4, -0.2) is 25.5 Å². The summed E-state index contributed by atoms with van der Waals surface area (Å²) in [4.78, 5) is 10.7. The molecule has 12 heavy (non-hydrogen) atoms. The molecule has 1 heterocycles. The summed E-state index contributed by atoms with van der Waals surface area (Å²) >= 11 is 0. The normalized spacial score (nSPS) is 29.8. The molecule has 0 aromatic carbocycles. The highest BCUT2D eigenvalue weighted by Crippen LogP contribution is 2.16. The zero-order chi connectivity index (χ0) is 8.97. The van der Waals surface area contributed by atoms with Gasteiger partial charge in [-0.15, -0.1) is 0 Å². The van der Waals surface area contributed by atoms with Gasteiger partial charge in [0, 0.05) is 13.5 Å². The Kier molecular flexibility index (Phi) is 3.53. The molecule has 0 aliphatic carbocycles. The molecule has 2 unspecified atom stereocenters. The van der Waals surface area contributed by atoms with Gasteiger partial charge in [-0.25, -0.2) is 0 Å². The number of hydrogen-bond acceptors (Lipinski definition) is 2. The van der Waals surface area contributed by atoms with Crippen molar-refractivity contribution in [2.45, 2.75) is 20.3 Å². The summed E-state index contributed by atoms with van der Waals surface area (Å²) in [6, 6.07) is 0.